The second-order valence-electron chi connectivity index (χ2n) is 7.27. The first-order valence-corrected chi connectivity index (χ1v) is 8.31. The quantitative estimate of drug-likeness (QED) is 0.855. The third-order valence-corrected chi connectivity index (χ3v) is 4.89. The standard InChI is InChI=1S/C18H26N2O4/c1-18(2,3)20(17(22)23)11-7-10-15(20)12-19-16(21)24-13-14-8-5-4-6-9-14/h4-6,8-9,15H,7,10-13H2,1-3H3,(H-,19,21,22,23)/t15-,20?/m0/s1. The first-order chi connectivity index (χ1) is 11.3. The van der Waals surface area contributed by atoms with Crippen LogP contribution in [0.4, 0.5) is 9.59 Å². The molecule has 0 spiro atoms. The van der Waals surface area contributed by atoms with Gasteiger partial charge in [-0.25, -0.2) is 4.79 Å². The summed E-state index contributed by atoms with van der Waals surface area (Å²) >= 11 is 0. The second kappa shape index (κ2) is 7.21. The van der Waals surface area contributed by atoms with Crippen LogP contribution in [0, 0.1) is 0 Å². The highest BCUT2D eigenvalue weighted by Gasteiger charge is 2.51. The van der Waals surface area contributed by atoms with Crippen molar-refractivity contribution in [1.82, 2.24) is 5.32 Å². The van der Waals surface area contributed by atoms with E-state index in [-0.39, 0.29) is 23.7 Å². The van der Waals surface area contributed by atoms with E-state index in [0.717, 1.165) is 18.4 Å². The van der Waals surface area contributed by atoms with Gasteiger partial charge >= 0.3 is 6.09 Å². The number of likely N-dealkylation sites (tertiary alicyclic amines) is 1. The van der Waals surface area contributed by atoms with Crippen molar-refractivity contribution in [3.8, 4) is 0 Å². The van der Waals surface area contributed by atoms with E-state index >= 15 is 0 Å². The maximum atomic E-state index is 11.9. The summed E-state index contributed by atoms with van der Waals surface area (Å²) in [5.74, 6) is 0. The summed E-state index contributed by atoms with van der Waals surface area (Å²) < 4.78 is 5.05. The van der Waals surface area contributed by atoms with Crippen molar-refractivity contribution in [3.05, 3.63) is 35.9 Å². The first kappa shape index (κ1) is 18.3. The van der Waals surface area contributed by atoms with Crippen molar-refractivity contribution in [1.29, 1.82) is 0 Å². The Bertz CT molecular complexity index is 582. The fourth-order valence-corrected chi connectivity index (χ4v) is 3.61. The molecule has 1 aliphatic heterocycles. The monoisotopic (exact) mass is 334 g/mol. The van der Waals surface area contributed by atoms with Gasteiger partial charge in [-0.3, -0.25) is 4.48 Å². The molecule has 1 saturated heterocycles. The van der Waals surface area contributed by atoms with Crippen molar-refractivity contribution < 1.29 is 23.9 Å². The van der Waals surface area contributed by atoms with Crippen molar-refractivity contribution in [2.75, 3.05) is 13.1 Å². The highest BCUT2D eigenvalue weighted by Crippen LogP contribution is 2.36. The van der Waals surface area contributed by atoms with Crippen LogP contribution in [0.2, 0.25) is 0 Å². The number of hydrogen-bond donors (Lipinski definition) is 1. The van der Waals surface area contributed by atoms with Crippen LogP contribution in [0.15, 0.2) is 30.3 Å². The molecule has 1 aromatic rings. The molecule has 6 nitrogen and oxygen atoms in total. The van der Waals surface area contributed by atoms with E-state index in [1.807, 2.05) is 51.1 Å². The Morgan fingerprint density at radius 2 is 1.96 bits per heavy atom. The second-order valence-corrected chi connectivity index (χ2v) is 7.27. The average molecular weight is 334 g/mol. The van der Waals surface area contributed by atoms with E-state index < -0.39 is 17.7 Å². The molecule has 0 aromatic heterocycles. The normalized spacial score (nSPS) is 23.7. The summed E-state index contributed by atoms with van der Waals surface area (Å²) in [6, 6.07) is 9.20. The molecule has 1 aliphatic rings. The van der Waals surface area contributed by atoms with Crippen LogP contribution in [-0.2, 0) is 11.3 Å². The lowest BCUT2D eigenvalue weighted by molar-refractivity contribution is -0.929. The Morgan fingerprint density at radius 3 is 2.54 bits per heavy atom. The zero-order valence-electron chi connectivity index (χ0n) is 14.6. The molecule has 1 heterocycles. The Kier molecular flexibility index (Phi) is 5.49. The van der Waals surface area contributed by atoms with Gasteiger partial charge in [0, 0.05) is 12.8 Å². The molecule has 0 saturated carbocycles. The van der Waals surface area contributed by atoms with Gasteiger partial charge < -0.3 is 20.0 Å². The number of carbonyl (C=O) groups excluding carboxylic acids is 2. The number of ether oxygens (including phenoxy) is 1. The predicted molar refractivity (Wildman–Crippen MR) is 87.9 cm³/mol. The molecular weight excluding hydrogens is 308 g/mol. The van der Waals surface area contributed by atoms with E-state index in [0.29, 0.717) is 6.54 Å². The van der Waals surface area contributed by atoms with Crippen LogP contribution in [0.1, 0.15) is 39.2 Å². The Morgan fingerprint density at radius 1 is 1.29 bits per heavy atom. The summed E-state index contributed by atoms with van der Waals surface area (Å²) in [7, 11) is 0. The zero-order chi connectivity index (χ0) is 17.8. The van der Waals surface area contributed by atoms with E-state index in [2.05, 4.69) is 5.32 Å². The molecule has 2 atom stereocenters. The fraction of sp³-hybridized carbons (Fsp3) is 0.556. The molecule has 0 radical (unpaired) electrons. The lowest BCUT2D eigenvalue weighted by Crippen LogP contribution is -2.71. The molecule has 2 rings (SSSR count). The zero-order valence-corrected chi connectivity index (χ0v) is 14.6. The van der Waals surface area contributed by atoms with Gasteiger partial charge in [0.1, 0.15) is 12.6 Å². The molecule has 1 unspecified atom stereocenters. The van der Waals surface area contributed by atoms with Crippen molar-refractivity contribution in [3.63, 3.8) is 0 Å². The van der Waals surface area contributed by atoms with Gasteiger partial charge in [0.25, 0.3) is 6.09 Å². The maximum Gasteiger partial charge on any atom is 0.407 e. The molecule has 1 aromatic carbocycles. The summed E-state index contributed by atoms with van der Waals surface area (Å²) in [4.78, 5) is 23.8. The minimum absolute atomic E-state index is 0.133. The lowest BCUT2D eigenvalue weighted by Gasteiger charge is -2.49. The highest BCUT2D eigenvalue weighted by molar-refractivity contribution is 5.67. The predicted octanol–water partition coefficient (Wildman–Crippen LogP) is 2.03. The Balaban J connectivity index is 1.92. The number of hydrogen-bond acceptors (Lipinski definition) is 4. The van der Waals surface area contributed by atoms with Crippen molar-refractivity contribution in [2.24, 2.45) is 0 Å². The molecule has 1 fully saturated rings. The number of rotatable bonds is 4. The largest absolute Gasteiger partial charge is 0.498 e. The average Bonchev–Trinajstić information content (AvgIpc) is 2.97. The highest BCUT2D eigenvalue weighted by atomic mass is 16.5. The number of nitrogens with one attached hydrogen (secondary N) is 1. The molecular formula is C18H26N2O4. The number of quaternary nitrogens is 1. The van der Waals surface area contributed by atoms with Crippen LogP contribution in [-0.4, -0.2) is 41.3 Å². The topological polar surface area (TPSA) is 78.5 Å². The molecule has 6 heteroatoms. The van der Waals surface area contributed by atoms with Crippen LogP contribution < -0.4 is 10.4 Å². The third-order valence-electron chi connectivity index (χ3n) is 4.89. The van der Waals surface area contributed by atoms with Crippen LogP contribution >= 0.6 is 0 Å². The maximum absolute atomic E-state index is 11.9. The van der Waals surface area contributed by atoms with Crippen molar-refractivity contribution in [2.45, 2.75) is 51.8 Å². The van der Waals surface area contributed by atoms with Crippen LogP contribution in [0.3, 0.4) is 0 Å². The minimum Gasteiger partial charge on any atom is -0.498 e. The number of carbonyl (C=O) groups is 2. The Hall–Kier alpha value is -2.08. The fourth-order valence-electron chi connectivity index (χ4n) is 3.61. The van der Waals surface area contributed by atoms with E-state index in [4.69, 9.17) is 4.74 Å². The van der Waals surface area contributed by atoms with Gasteiger partial charge in [-0.05, 0) is 26.3 Å². The summed E-state index contributed by atoms with van der Waals surface area (Å²) in [6.07, 6.45) is -0.0681. The number of nitrogens with zero attached hydrogens (tertiary/aromatic N) is 1. The van der Waals surface area contributed by atoms with Gasteiger partial charge in [0.15, 0.2) is 0 Å². The first-order valence-electron chi connectivity index (χ1n) is 8.31. The van der Waals surface area contributed by atoms with Gasteiger partial charge in [-0.15, -0.1) is 0 Å². The summed E-state index contributed by atoms with van der Waals surface area (Å²) in [5, 5.41) is 14.6. The molecule has 0 bridgehead atoms. The molecule has 0 aliphatic carbocycles. The lowest BCUT2D eigenvalue weighted by atomic mass is 10.00. The molecule has 24 heavy (non-hydrogen) atoms. The number of alkyl carbamates (subject to hydrolysis) is 1. The van der Waals surface area contributed by atoms with Crippen LogP contribution in [0.25, 0.3) is 0 Å². The number of benzene rings is 1. The third kappa shape index (κ3) is 3.70. The van der Waals surface area contributed by atoms with Crippen LogP contribution in [0.5, 0.6) is 0 Å². The van der Waals surface area contributed by atoms with E-state index in [1.165, 1.54) is 0 Å². The summed E-state index contributed by atoms with van der Waals surface area (Å²) in [5.41, 5.74) is 0.415. The summed E-state index contributed by atoms with van der Waals surface area (Å²) in [6.45, 7) is 6.67. The number of carboxylic acid groups (broad SMARTS) is 1. The van der Waals surface area contributed by atoms with Gasteiger partial charge in [0.2, 0.25) is 0 Å². The SMILES string of the molecule is CC(C)(C)[N+]1(C(=O)[O-])CCC[C@H]1CNC(=O)OCc1ccccc1. The Labute approximate surface area is 143 Å². The van der Waals surface area contributed by atoms with E-state index in [1.54, 1.807) is 0 Å². The van der Waals surface area contributed by atoms with Gasteiger partial charge in [-0.1, -0.05) is 30.3 Å². The molecule has 132 valence electrons. The molecule has 2 amide bonds. The number of amides is 2. The van der Waals surface area contributed by atoms with Gasteiger partial charge in [-0.2, -0.15) is 0 Å². The van der Waals surface area contributed by atoms with E-state index in [9.17, 15) is 14.7 Å². The molecule has 1 N–H and O–H groups in total. The van der Waals surface area contributed by atoms with Crippen molar-refractivity contribution >= 4 is 12.2 Å². The smallest absolute Gasteiger partial charge is 0.407 e. The van der Waals surface area contributed by atoms with Gasteiger partial charge in [0.05, 0.1) is 18.6 Å². The minimum atomic E-state index is -1.08.